The van der Waals surface area contributed by atoms with Crippen LogP contribution in [0.4, 0.5) is 0 Å². The molecule has 1 aliphatic rings. The summed E-state index contributed by atoms with van der Waals surface area (Å²) < 4.78 is 35.6. The van der Waals surface area contributed by atoms with Crippen LogP contribution in [0.2, 0.25) is 0 Å². The summed E-state index contributed by atoms with van der Waals surface area (Å²) in [5.74, 6) is -0.618. The highest BCUT2D eigenvalue weighted by Crippen LogP contribution is 2.21. The molecule has 0 aromatic heterocycles. The molecule has 0 radical (unpaired) electrons. The van der Waals surface area contributed by atoms with Crippen LogP contribution >= 0.6 is 15.9 Å². The SMILES string of the molecule is CC1=NS(=O)(=O)N(Cc2ccccc2)C=C1C(=O)OCc1ccc(Br)cc1. The highest BCUT2D eigenvalue weighted by atomic mass is 79.9. The van der Waals surface area contributed by atoms with Crippen molar-refractivity contribution in [1.82, 2.24) is 4.31 Å². The Kier molecular flexibility index (Phi) is 5.76. The Morgan fingerprint density at radius 1 is 1.07 bits per heavy atom. The molecule has 0 fully saturated rings. The van der Waals surface area contributed by atoms with E-state index in [-0.39, 0.29) is 24.4 Å². The van der Waals surface area contributed by atoms with Crippen molar-refractivity contribution in [3.05, 3.63) is 82.0 Å². The molecule has 140 valence electrons. The lowest BCUT2D eigenvalue weighted by atomic mass is 10.2. The monoisotopic (exact) mass is 448 g/mol. The Labute approximate surface area is 166 Å². The number of carbonyl (C=O) groups excluding carboxylic acids is 1. The first kappa shape index (κ1) is 19.3. The fraction of sp³-hybridized carbons (Fsp3) is 0.158. The van der Waals surface area contributed by atoms with Crippen molar-refractivity contribution >= 4 is 37.8 Å². The van der Waals surface area contributed by atoms with Gasteiger partial charge in [0.1, 0.15) is 6.61 Å². The van der Waals surface area contributed by atoms with E-state index in [1.54, 1.807) is 12.1 Å². The number of carbonyl (C=O) groups is 1. The van der Waals surface area contributed by atoms with Gasteiger partial charge >= 0.3 is 16.2 Å². The van der Waals surface area contributed by atoms with Crippen LogP contribution in [0.25, 0.3) is 0 Å². The molecule has 8 heteroatoms. The molecular formula is C19H17BrN2O4S. The van der Waals surface area contributed by atoms with Gasteiger partial charge in [-0.1, -0.05) is 58.4 Å². The molecule has 3 rings (SSSR count). The highest BCUT2D eigenvalue weighted by molar-refractivity contribution is 9.10. The third-order valence-electron chi connectivity index (χ3n) is 3.90. The van der Waals surface area contributed by atoms with Crippen molar-refractivity contribution in [1.29, 1.82) is 0 Å². The lowest BCUT2D eigenvalue weighted by Gasteiger charge is -2.23. The van der Waals surface area contributed by atoms with E-state index in [4.69, 9.17) is 4.74 Å². The van der Waals surface area contributed by atoms with Gasteiger partial charge in [-0.15, -0.1) is 4.40 Å². The summed E-state index contributed by atoms with van der Waals surface area (Å²) in [6, 6.07) is 16.5. The predicted octanol–water partition coefficient (Wildman–Crippen LogP) is 3.60. The lowest BCUT2D eigenvalue weighted by molar-refractivity contribution is -0.139. The van der Waals surface area contributed by atoms with E-state index in [2.05, 4.69) is 20.3 Å². The maximum absolute atomic E-state index is 12.5. The van der Waals surface area contributed by atoms with Crippen molar-refractivity contribution in [2.75, 3.05) is 0 Å². The Balaban J connectivity index is 1.76. The van der Waals surface area contributed by atoms with Crippen LogP contribution in [0, 0.1) is 0 Å². The summed E-state index contributed by atoms with van der Waals surface area (Å²) in [6.07, 6.45) is 1.29. The van der Waals surface area contributed by atoms with Crippen molar-refractivity contribution in [3.8, 4) is 0 Å². The van der Waals surface area contributed by atoms with Crippen LogP contribution in [0.3, 0.4) is 0 Å². The predicted molar refractivity (Wildman–Crippen MR) is 106 cm³/mol. The van der Waals surface area contributed by atoms with E-state index >= 15 is 0 Å². The molecule has 0 aliphatic carbocycles. The van der Waals surface area contributed by atoms with Gasteiger partial charge in [-0.3, -0.25) is 4.31 Å². The second-order valence-electron chi connectivity index (χ2n) is 5.93. The van der Waals surface area contributed by atoms with Crippen molar-refractivity contribution in [2.24, 2.45) is 4.40 Å². The smallest absolute Gasteiger partial charge is 0.344 e. The Hall–Kier alpha value is -2.45. The van der Waals surface area contributed by atoms with Crippen LogP contribution in [0.15, 0.2) is 75.2 Å². The van der Waals surface area contributed by atoms with Gasteiger partial charge in [0.15, 0.2) is 0 Å². The average molecular weight is 449 g/mol. The molecule has 6 nitrogen and oxygen atoms in total. The molecule has 1 aliphatic heterocycles. The van der Waals surface area contributed by atoms with Crippen LogP contribution in [0.5, 0.6) is 0 Å². The van der Waals surface area contributed by atoms with Crippen LogP contribution in [-0.2, 0) is 32.9 Å². The first-order chi connectivity index (χ1) is 12.8. The topological polar surface area (TPSA) is 76.0 Å². The maximum atomic E-state index is 12.5. The first-order valence-corrected chi connectivity index (χ1v) is 10.3. The Bertz CT molecular complexity index is 1000. The minimum Gasteiger partial charge on any atom is -0.457 e. The Morgan fingerprint density at radius 2 is 1.74 bits per heavy atom. The molecule has 0 unspecified atom stereocenters. The molecular weight excluding hydrogens is 432 g/mol. The number of nitrogens with zero attached hydrogens (tertiary/aromatic N) is 2. The van der Waals surface area contributed by atoms with Crippen molar-refractivity contribution in [3.63, 3.8) is 0 Å². The van der Waals surface area contributed by atoms with Gasteiger partial charge < -0.3 is 4.74 Å². The molecule has 1 heterocycles. The van der Waals surface area contributed by atoms with Gasteiger partial charge in [0.25, 0.3) is 0 Å². The zero-order chi connectivity index (χ0) is 19.4. The van der Waals surface area contributed by atoms with Gasteiger partial charge in [0.2, 0.25) is 0 Å². The van der Waals surface area contributed by atoms with E-state index in [0.29, 0.717) is 0 Å². The van der Waals surface area contributed by atoms with Gasteiger partial charge in [-0.2, -0.15) is 8.42 Å². The van der Waals surface area contributed by atoms with Gasteiger partial charge in [0.05, 0.1) is 17.8 Å². The highest BCUT2D eigenvalue weighted by Gasteiger charge is 2.29. The standard InChI is InChI=1S/C19H17BrN2O4S/c1-14-18(19(23)26-13-16-7-9-17(20)10-8-16)12-22(27(24,25)21-14)11-15-5-3-2-4-6-15/h2-10,12H,11,13H2,1H3. The fourth-order valence-electron chi connectivity index (χ4n) is 2.48. The molecule has 0 N–H and O–H groups in total. The lowest BCUT2D eigenvalue weighted by Crippen LogP contribution is -2.31. The first-order valence-electron chi connectivity index (χ1n) is 8.11. The number of esters is 1. The van der Waals surface area contributed by atoms with Crippen LogP contribution in [0.1, 0.15) is 18.1 Å². The molecule has 0 amide bonds. The zero-order valence-corrected chi connectivity index (χ0v) is 16.9. The second-order valence-corrected chi connectivity index (χ2v) is 8.39. The number of benzene rings is 2. The molecule has 0 atom stereocenters. The molecule has 0 saturated heterocycles. The molecule has 0 spiro atoms. The number of hydrogen-bond donors (Lipinski definition) is 0. The van der Waals surface area contributed by atoms with Gasteiger partial charge in [-0.25, -0.2) is 4.79 Å². The summed E-state index contributed by atoms with van der Waals surface area (Å²) in [6.45, 7) is 1.65. The summed E-state index contributed by atoms with van der Waals surface area (Å²) in [5.41, 5.74) is 1.85. The molecule has 0 saturated carbocycles. The summed E-state index contributed by atoms with van der Waals surface area (Å²) in [7, 11) is -3.88. The molecule has 2 aromatic rings. The molecule has 27 heavy (non-hydrogen) atoms. The Morgan fingerprint density at radius 3 is 2.41 bits per heavy atom. The fourth-order valence-corrected chi connectivity index (χ4v) is 3.84. The van der Waals surface area contributed by atoms with E-state index in [1.807, 2.05) is 42.5 Å². The number of rotatable bonds is 5. The maximum Gasteiger partial charge on any atom is 0.344 e. The summed E-state index contributed by atoms with van der Waals surface area (Å²) >= 11 is 3.35. The van der Waals surface area contributed by atoms with Crippen molar-refractivity contribution in [2.45, 2.75) is 20.1 Å². The normalized spacial score (nSPS) is 15.7. The van der Waals surface area contributed by atoms with Crippen LogP contribution < -0.4 is 0 Å². The second kappa shape index (κ2) is 8.06. The van der Waals surface area contributed by atoms with Crippen molar-refractivity contribution < 1.29 is 17.9 Å². The minimum atomic E-state index is -3.88. The number of hydrogen-bond acceptors (Lipinski definition) is 4. The van der Waals surface area contributed by atoms with Crippen LogP contribution in [-0.4, -0.2) is 24.4 Å². The molecule has 2 aromatic carbocycles. The minimum absolute atomic E-state index is 0.0855. The average Bonchev–Trinajstić information content (AvgIpc) is 2.63. The van der Waals surface area contributed by atoms with Gasteiger partial charge in [0, 0.05) is 10.7 Å². The molecule has 0 bridgehead atoms. The van der Waals surface area contributed by atoms with E-state index in [0.717, 1.165) is 19.9 Å². The third kappa shape index (κ3) is 4.84. The van der Waals surface area contributed by atoms with E-state index in [9.17, 15) is 13.2 Å². The van der Waals surface area contributed by atoms with Gasteiger partial charge in [-0.05, 0) is 30.2 Å². The largest absolute Gasteiger partial charge is 0.457 e. The zero-order valence-electron chi connectivity index (χ0n) is 14.5. The third-order valence-corrected chi connectivity index (χ3v) is 5.76. The van der Waals surface area contributed by atoms with E-state index < -0.39 is 16.2 Å². The quantitative estimate of drug-likeness (QED) is 0.654. The number of ether oxygens (including phenoxy) is 1. The summed E-state index contributed by atoms with van der Waals surface area (Å²) in [4.78, 5) is 12.5. The number of halogens is 1. The van der Waals surface area contributed by atoms with E-state index in [1.165, 1.54) is 13.1 Å². The summed E-state index contributed by atoms with van der Waals surface area (Å²) in [5, 5.41) is 0.